The number of pyridine rings is 1. The normalized spacial score (nSPS) is 12.6. The molecule has 1 aliphatic rings. The van der Waals surface area contributed by atoms with Gasteiger partial charge in [-0.3, -0.25) is 0 Å². The van der Waals surface area contributed by atoms with Crippen LogP contribution in [0.15, 0.2) is 18.2 Å². The molecule has 0 radical (unpaired) electrons. The van der Waals surface area contributed by atoms with Gasteiger partial charge in [0.25, 0.3) is 0 Å². The minimum atomic E-state index is 0.299. The van der Waals surface area contributed by atoms with Crippen molar-refractivity contribution in [2.45, 2.75) is 19.3 Å². The number of nitrogens with zero attached hydrogens (tertiary/aromatic N) is 2. The topological polar surface area (TPSA) is 81.2 Å². The van der Waals surface area contributed by atoms with E-state index in [0.717, 1.165) is 41.6 Å². The number of hydrogen-bond acceptors (Lipinski definition) is 5. The van der Waals surface area contributed by atoms with Crippen molar-refractivity contribution < 1.29 is 9.47 Å². The number of aromatic nitrogens is 1. The van der Waals surface area contributed by atoms with Crippen LogP contribution in [-0.4, -0.2) is 19.2 Å². The number of aryl methyl sites for hydroxylation is 1. The van der Waals surface area contributed by atoms with Gasteiger partial charge in [0.2, 0.25) is 0 Å². The first-order chi connectivity index (χ1) is 10.7. The molecule has 0 fully saturated rings. The van der Waals surface area contributed by atoms with Gasteiger partial charge < -0.3 is 15.2 Å². The van der Waals surface area contributed by atoms with E-state index in [0.29, 0.717) is 22.9 Å². The Labute approximate surface area is 129 Å². The fourth-order valence-electron chi connectivity index (χ4n) is 3.02. The highest BCUT2D eigenvalue weighted by atomic mass is 16.5. The van der Waals surface area contributed by atoms with E-state index in [1.807, 2.05) is 18.2 Å². The summed E-state index contributed by atoms with van der Waals surface area (Å²) in [7, 11) is 3.19. The Bertz CT molecular complexity index is 778. The fourth-order valence-corrected chi connectivity index (χ4v) is 3.02. The van der Waals surface area contributed by atoms with E-state index in [9.17, 15) is 5.26 Å². The number of rotatable bonds is 3. The van der Waals surface area contributed by atoms with E-state index in [2.05, 4.69) is 11.1 Å². The maximum Gasteiger partial charge on any atom is 0.161 e. The van der Waals surface area contributed by atoms with Gasteiger partial charge in [-0.25, -0.2) is 4.98 Å². The average Bonchev–Trinajstić information content (AvgIpc) is 3.00. The number of hydrogen-bond donors (Lipinski definition) is 1. The van der Waals surface area contributed by atoms with E-state index < -0.39 is 0 Å². The number of benzene rings is 1. The van der Waals surface area contributed by atoms with Crippen molar-refractivity contribution in [3.8, 4) is 28.7 Å². The lowest BCUT2D eigenvalue weighted by Crippen LogP contribution is -2.03. The molecule has 5 nitrogen and oxygen atoms in total. The van der Waals surface area contributed by atoms with Crippen LogP contribution in [0.4, 0.5) is 5.82 Å². The van der Waals surface area contributed by atoms with Gasteiger partial charge in [0.1, 0.15) is 17.5 Å². The number of fused-ring (bicyclic) bond motifs is 1. The monoisotopic (exact) mass is 295 g/mol. The second kappa shape index (κ2) is 5.57. The van der Waals surface area contributed by atoms with E-state index in [4.69, 9.17) is 15.2 Å². The third-order valence-electron chi connectivity index (χ3n) is 4.04. The zero-order valence-electron chi connectivity index (χ0n) is 12.6. The summed E-state index contributed by atoms with van der Waals surface area (Å²) in [6, 6.07) is 7.85. The summed E-state index contributed by atoms with van der Waals surface area (Å²) in [5, 5.41) is 9.49. The molecule has 1 aromatic carbocycles. The van der Waals surface area contributed by atoms with Gasteiger partial charge in [-0.2, -0.15) is 5.26 Å². The minimum Gasteiger partial charge on any atom is -0.493 e. The SMILES string of the molecule is COc1ccc(-c2c(C#N)c(N)nc3c2CCC3)cc1OC. The van der Waals surface area contributed by atoms with Gasteiger partial charge >= 0.3 is 0 Å². The van der Waals surface area contributed by atoms with E-state index in [1.54, 1.807) is 14.2 Å². The molecule has 2 aromatic rings. The second-order valence-electron chi connectivity index (χ2n) is 5.21. The van der Waals surface area contributed by atoms with Crippen molar-refractivity contribution in [3.05, 3.63) is 35.0 Å². The predicted octanol–water partition coefficient (Wildman–Crippen LogP) is 2.71. The van der Waals surface area contributed by atoms with Gasteiger partial charge in [-0.15, -0.1) is 0 Å². The van der Waals surface area contributed by atoms with Crippen LogP contribution in [0.1, 0.15) is 23.2 Å². The van der Waals surface area contributed by atoms with Gasteiger partial charge in [-0.1, -0.05) is 6.07 Å². The van der Waals surface area contributed by atoms with E-state index in [1.165, 1.54) is 0 Å². The first-order valence-electron chi connectivity index (χ1n) is 7.13. The highest BCUT2D eigenvalue weighted by Gasteiger charge is 2.23. The smallest absolute Gasteiger partial charge is 0.161 e. The standard InChI is InChI=1S/C17H17N3O2/c1-21-14-7-6-10(8-15(14)22-2)16-11-4-3-5-13(11)20-17(19)12(16)9-18/h6-8H,3-5H2,1-2H3,(H2,19,20). The Balaban J connectivity index is 2.27. The molecule has 2 N–H and O–H groups in total. The highest BCUT2D eigenvalue weighted by molar-refractivity contribution is 5.80. The zero-order valence-corrected chi connectivity index (χ0v) is 12.6. The summed E-state index contributed by atoms with van der Waals surface area (Å²) >= 11 is 0. The lowest BCUT2D eigenvalue weighted by atomic mass is 9.94. The van der Waals surface area contributed by atoms with Crippen molar-refractivity contribution >= 4 is 5.82 Å². The van der Waals surface area contributed by atoms with E-state index in [-0.39, 0.29) is 0 Å². The van der Waals surface area contributed by atoms with Gasteiger partial charge in [0.05, 0.1) is 14.2 Å². The average molecular weight is 295 g/mol. The summed E-state index contributed by atoms with van der Waals surface area (Å²) in [5.74, 6) is 1.59. The molecule has 0 spiro atoms. The van der Waals surface area contributed by atoms with Crippen molar-refractivity contribution in [1.82, 2.24) is 4.98 Å². The first-order valence-corrected chi connectivity index (χ1v) is 7.13. The summed E-state index contributed by atoms with van der Waals surface area (Å²) in [4.78, 5) is 4.39. The van der Waals surface area contributed by atoms with Crippen LogP contribution in [0.3, 0.4) is 0 Å². The molecule has 1 aromatic heterocycles. The van der Waals surface area contributed by atoms with Crippen LogP contribution in [-0.2, 0) is 12.8 Å². The summed E-state index contributed by atoms with van der Waals surface area (Å²) in [6.07, 6.45) is 2.86. The lowest BCUT2D eigenvalue weighted by molar-refractivity contribution is 0.355. The molecule has 5 heteroatoms. The number of nitrogens with two attached hydrogens (primary N) is 1. The first kappa shape index (κ1) is 14.2. The Hall–Kier alpha value is -2.74. The van der Waals surface area contributed by atoms with Crippen LogP contribution in [0, 0.1) is 11.3 Å². The molecule has 1 aliphatic carbocycles. The molecule has 0 aliphatic heterocycles. The maximum atomic E-state index is 9.49. The third kappa shape index (κ3) is 2.13. The Morgan fingerprint density at radius 1 is 1.18 bits per heavy atom. The Kier molecular flexibility index (Phi) is 3.60. The molecule has 0 bridgehead atoms. The van der Waals surface area contributed by atoms with Crippen molar-refractivity contribution in [2.75, 3.05) is 20.0 Å². The van der Waals surface area contributed by atoms with Gasteiger partial charge in [0, 0.05) is 11.3 Å². The molecule has 0 saturated carbocycles. The summed E-state index contributed by atoms with van der Waals surface area (Å²) < 4.78 is 10.6. The second-order valence-corrected chi connectivity index (χ2v) is 5.21. The highest BCUT2D eigenvalue weighted by Crippen LogP contribution is 2.39. The lowest BCUT2D eigenvalue weighted by Gasteiger charge is -2.15. The number of nitriles is 1. The van der Waals surface area contributed by atoms with Crippen LogP contribution in [0.25, 0.3) is 11.1 Å². The molecule has 0 atom stereocenters. The zero-order chi connectivity index (χ0) is 15.7. The number of ether oxygens (including phenoxy) is 2. The number of nitrogen functional groups attached to an aromatic ring is 1. The molecule has 22 heavy (non-hydrogen) atoms. The quantitative estimate of drug-likeness (QED) is 0.941. The van der Waals surface area contributed by atoms with Crippen LogP contribution >= 0.6 is 0 Å². The molecular formula is C17H17N3O2. The van der Waals surface area contributed by atoms with Crippen molar-refractivity contribution in [3.63, 3.8) is 0 Å². The van der Waals surface area contributed by atoms with Crippen LogP contribution in [0.5, 0.6) is 11.5 Å². The molecular weight excluding hydrogens is 278 g/mol. The predicted molar refractivity (Wildman–Crippen MR) is 83.9 cm³/mol. The third-order valence-corrected chi connectivity index (χ3v) is 4.04. The summed E-state index contributed by atoms with van der Waals surface area (Å²) in [5.41, 5.74) is 10.3. The Morgan fingerprint density at radius 3 is 2.64 bits per heavy atom. The van der Waals surface area contributed by atoms with Crippen molar-refractivity contribution in [1.29, 1.82) is 5.26 Å². The molecule has 0 unspecified atom stereocenters. The summed E-state index contributed by atoms with van der Waals surface area (Å²) in [6.45, 7) is 0. The van der Waals surface area contributed by atoms with Gasteiger partial charge in [-0.05, 0) is 42.5 Å². The Morgan fingerprint density at radius 2 is 1.95 bits per heavy atom. The maximum absolute atomic E-state index is 9.49. The molecule has 1 heterocycles. The minimum absolute atomic E-state index is 0.299. The fraction of sp³-hybridized carbons (Fsp3) is 0.294. The van der Waals surface area contributed by atoms with Crippen molar-refractivity contribution in [2.24, 2.45) is 0 Å². The van der Waals surface area contributed by atoms with Crippen LogP contribution < -0.4 is 15.2 Å². The number of methoxy groups -OCH3 is 2. The molecule has 0 amide bonds. The molecule has 3 rings (SSSR count). The van der Waals surface area contributed by atoms with Gasteiger partial charge in [0.15, 0.2) is 11.5 Å². The van der Waals surface area contributed by atoms with E-state index >= 15 is 0 Å². The molecule has 112 valence electrons. The molecule has 0 saturated heterocycles. The number of anilines is 1. The van der Waals surface area contributed by atoms with Crippen LogP contribution in [0.2, 0.25) is 0 Å². The largest absolute Gasteiger partial charge is 0.493 e.